The number of carboxylic acid groups (broad SMARTS) is 1. The molecule has 0 fully saturated rings. The van der Waals surface area contributed by atoms with Crippen molar-refractivity contribution < 1.29 is 32.9 Å². The molecule has 2 aromatic carbocycles. The third-order valence-electron chi connectivity index (χ3n) is 3.99. The van der Waals surface area contributed by atoms with Gasteiger partial charge in [-0.05, 0) is 18.1 Å². The molecule has 0 atom stereocenters. The first kappa shape index (κ1) is 23.5. The Bertz CT molecular complexity index is 962. The molecule has 30 heavy (non-hydrogen) atoms. The predicted molar refractivity (Wildman–Crippen MR) is 110 cm³/mol. The highest BCUT2D eigenvalue weighted by molar-refractivity contribution is 6.37. The Morgan fingerprint density at radius 2 is 1.77 bits per heavy atom. The Balaban J connectivity index is 2.25. The summed E-state index contributed by atoms with van der Waals surface area (Å²) in [6.07, 6.45) is -1.29. The summed E-state index contributed by atoms with van der Waals surface area (Å²) in [5.74, 6) is -0.534. The highest BCUT2D eigenvalue weighted by Gasteiger charge is 2.19. The minimum atomic E-state index is -1.88. The maximum absolute atomic E-state index is 12.1. The second-order valence-corrected chi connectivity index (χ2v) is 6.72. The Labute approximate surface area is 182 Å². The van der Waals surface area contributed by atoms with Crippen LogP contribution in [0.4, 0.5) is 8.78 Å². The molecule has 0 aliphatic carbocycles. The molecule has 0 aliphatic heterocycles. The van der Waals surface area contributed by atoms with Crippen molar-refractivity contribution in [3.05, 3.63) is 75.5 Å². The fourth-order valence-corrected chi connectivity index (χ4v) is 3.13. The number of allylic oxidation sites excluding steroid dienone is 1. The van der Waals surface area contributed by atoms with E-state index in [1.54, 1.807) is 31.2 Å². The topological polar surface area (TPSA) is 65.0 Å². The van der Waals surface area contributed by atoms with E-state index in [-0.39, 0.29) is 33.7 Å². The molecule has 160 valence electrons. The minimum Gasteiger partial charge on any atom is -0.500 e. The van der Waals surface area contributed by atoms with Gasteiger partial charge in [0.25, 0.3) is 6.08 Å². The molecule has 0 aromatic heterocycles. The van der Waals surface area contributed by atoms with E-state index in [2.05, 4.69) is 0 Å². The lowest BCUT2D eigenvalue weighted by molar-refractivity contribution is -0.130. The van der Waals surface area contributed by atoms with E-state index in [9.17, 15) is 18.7 Å². The summed E-state index contributed by atoms with van der Waals surface area (Å²) < 4.78 is 40.2. The summed E-state index contributed by atoms with van der Waals surface area (Å²) in [6, 6.07) is 9.68. The van der Waals surface area contributed by atoms with Gasteiger partial charge in [0.2, 0.25) is 0 Å². The first-order chi connectivity index (χ1) is 14.2. The summed E-state index contributed by atoms with van der Waals surface area (Å²) in [7, 11) is 1.39. The Morgan fingerprint density at radius 3 is 2.33 bits per heavy atom. The van der Waals surface area contributed by atoms with Crippen molar-refractivity contribution in [3.63, 3.8) is 0 Å². The summed E-state index contributed by atoms with van der Waals surface area (Å²) in [5.41, 5.74) is 1.06. The molecule has 0 amide bonds. The van der Waals surface area contributed by atoms with Crippen LogP contribution in [-0.2, 0) is 16.1 Å². The monoisotopic (exact) mass is 458 g/mol. The van der Waals surface area contributed by atoms with Gasteiger partial charge in [0, 0.05) is 18.2 Å². The van der Waals surface area contributed by atoms with Gasteiger partial charge >= 0.3 is 5.97 Å². The lowest BCUT2D eigenvalue weighted by atomic mass is 9.99. The maximum Gasteiger partial charge on any atom is 0.339 e. The number of ether oxygens (including phenoxy) is 3. The number of rotatable bonds is 9. The molecule has 5 nitrogen and oxygen atoms in total. The summed E-state index contributed by atoms with van der Waals surface area (Å²) >= 11 is 12.2. The molecule has 0 unspecified atom stereocenters. The van der Waals surface area contributed by atoms with Crippen LogP contribution in [0.5, 0.6) is 11.5 Å². The van der Waals surface area contributed by atoms with Crippen molar-refractivity contribution >= 4 is 34.7 Å². The van der Waals surface area contributed by atoms with Crippen molar-refractivity contribution in [3.8, 4) is 11.5 Å². The molecule has 2 rings (SSSR count). The number of hydrogen-bond donors (Lipinski definition) is 1. The third-order valence-corrected chi connectivity index (χ3v) is 4.55. The van der Waals surface area contributed by atoms with Crippen LogP contribution >= 0.6 is 23.2 Å². The maximum atomic E-state index is 12.1. The van der Waals surface area contributed by atoms with Crippen LogP contribution in [0.1, 0.15) is 18.1 Å². The third kappa shape index (κ3) is 6.11. The first-order valence-corrected chi connectivity index (χ1v) is 9.32. The lowest BCUT2D eigenvalue weighted by Crippen LogP contribution is -2.08. The Hall–Kier alpha value is -2.77. The zero-order valence-electron chi connectivity index (χ0n) is 16.0. The molecule has 0 spiro atoms. The van der Waals surface area contributed by atoms with Crippen molar-refractivity contribution in [1.82, 2.24) is 0 Å². The molecule has 0 saturated carbocycles. The van der Waals surface area contributed by atoms with Crippen LogP contribution in [0.3, 0.4) is 0 Å². The number of hydrogen-bond acceptors (Lipinski definition) is 4. The van der Waals surface area contributed by atoms with Crippen molar-refractivity contribution in [2.45, 2.75) is 13.5 Å². The predicted octanol–water partition coefficient (Wildman–Crippen LogP) is 6.19. The highest BCUT2D eigenvalue weighted by Crippen LogP contribution is 2.37. The van der Waals surface area contributed by atoms with Gasteiger partial charge in [-0.1, -0.05) is 47.5 Å². The largest absolute Gasteiger partial charge is 0.500 e. The number of carbonyl (C=O) groups is 1. The molecule has 0 saturated heterocycles. The van der Waals surface area contributed by atoms with Gasteiger partial charge in [0.05, 0.1) is 17.2 Å². The second-order valence-electron chi connectivity index (χ2n) is 5.91. The number of methoxy groups -OCH3 is 1. The fourth-order valence-electron chi connectivity index (χ4n) is 2.55. The van der Waals surface area contributed by atoms with Crippen LogP contribution in [0.25, 0.3) is 5.57 Å². The van der Waals surface area contributed by atoms with E-state index < -0.39 is 18.7 Å². The second kappa shape index (κ2) is 10.8. The van der Waals surface area contributed by atoms with Crippen molar-refractivity contribution in [2.24, 2.45) is 0 Å². The molecule has 0 bridgehead atoms. The van der Waals surface area contributed by atoms with E-state index in [0.29, 0.717) is 23.0 Å². The molecule has 0 heterocycles. The first-order valence-electron chi connectivity index (χ1n) is 8.56. The quantitative estimate of drug-likeness (QED) is 0.358. The van der Waals surface area contributed by atoms with Gasteiger partial charge in [0.1, 0.15) is 30.3 Å². The van der Waals surface area contributed by atoms with Crippen LogP contribution in [0.15, 0.2) is 54.3 Å². The van der Waals surface area contributed by atoms with Crippen LogP contribution in [0.2, 0.25) is 10.0 Å². The molecule has 0 aliphatic rings. The van der Waals surface area contributed by atoms with Crippen LogP contribution < -0.4 is 9.47 Å². The average molecular weight is 459 g/mol. The molecule has 2 aromatic rings. The highest BCUT2D eigenvalue weighted by atomic mass is 35.5. The molecular weight excluding hydrogens is 441 g/mol. The average Bonchev–Trinajstić information content (AvgIpc) is 2.68. The van der Waals surface area contributed by atoms with Crippen LogP contribution in [-0.4, -0.2) is 24.8 Å². The number of aliphatic carboxylic acids is 1. The number of benzene rings is 2. The van der Waals surface area contributed by atoms with Crippen LogP contribution in [0, 0.1) is 0 Å². The molecule has 0 radical (unpaired) electrons. The van der Waals surface area contributed by atoms with E-state index in [1.807, 2.05) is 0 Å². The summed E-state index contributed by atoms with van der Waals surface area (Å²) in [6.45, 7) is 1.19. The summed E-state index contributed by atoms with van der Waals surface area (Å²) in [5, 5.41) is 9.73. The SMILES string of the molecule is COC(C)=C(C(=O)O)c1ccccc1COc1cc(Cl)c(OCC=C(F)F)c(Cl)c1. The molecule has 9 heteroatoms. The van der Waals surface area contributed by atoms with E-state index >= 15 is 0 Å². The van der Waals surface area contributed by atoms with Crippen molar-refractivity contribution in [2.75, 3.05) is 13.7 Å². The minimum absolute atomic E-state index is 0.0182. The van der Waals surface area contributed by atoms with Gasteiger partial charge in [-0.2, -0.15) is 8.78 Å². The van der Waals surface area contributed by atoms with Gasteiger partial charge in [0.15, 0.2) is 5.75 Å². The van der Waals surface area contributed by atoms with Gasteiger partial charge in [-0.25, -0.2) is 4.79 Å². The Kier molecular flexibility index (Phi) is 8.50. The van der Waals surface area contributed by atoms with E-state index in [1.165, 1.54) is 19.2 Å². The Morgan fingerprint density at radius 1 is 1.13 bits per heavy atom. The number of halogens is 4. The molecular formula is C21H18Cl2F2O5. The number of carboxylic acids is 1. The fraction of sp³-hybridized carbons (Fsp3) is 0.190. The van der Waals surface area contributed by atoms with Gasteiger partial charge < -0.3 is 19.3 Å². The van der Waals surface area contributed by atoms with Gasteiger partial charge in [-0.15, -0.1) is 0 Å². The summed E-state index contributed by atoms with van der Waals surface area (Å²) in [4.78, 5) is 11.7. The van der Waals surface area contributed by atoms with Crippen molar-refractivity contribution in [1.29, 1.82) is 0 Å². The smallest absolute Gasteiger partial charge is 0.339 e. The molecule has 1 N–H and O–H groups in total. The zero-order valence-corrected chi connectivity index (χ0v) is 17.6. The standard InChI is InChI=1S/C21H18Cl2F2O5/c1-12(28-2)19(21(26)27)15-6-4-3-5-13(15)11-30-14-9-16(22)20(17(23)10-14)29-8-7-18(24)25/h3-7,9-10H,8,11H2,1-2H3,(H,26,27). The van der Waals surface area contributed by atoms with Gasteiger partial charge in [-0.3, -0.25) is 0 Å². The lowest BCUT2D eigenvalue weighted by Gasteiger charge is -2.15. The zero-order chi connectivity index (χ0) is 22.3. The normalized spacial score (nSPS) is 11.4. The van der Waals surface area contributed by atoms with E-state index in [0.717, 1.165) is 0 Å². The van der Waals surface area contributed by atoms with E-state index in [4.69, 9.17) is 37.4 Å².